The van der Waals surface area contributed by atoms with Crippen molar-refractivity contribution in [3.63, 3.8) is 0 Å². The van der Waals surface area contributed by atoms with E-state index in [1.807, 2.05) is 0 Å². The van der Waals surface area contributed by atoms with Gasteiger partial charge in [0.05, 0.1) is 37.9 Å². The molecule has 1 saturated carbocycles. The number of carbonyl (C=O) groups excluding carboxylic acids is 3. The molecule has 1 aliphatic carbocycles. The van der Waals surface area contributed by atoms with Gasteiger partial charge >= 0.3 is 13.4 Å². The van der Waals surface area contributed by atoms with Crippen LogP contribution >= 0.6 is 0 Å². The van der Waals surface area contributed by atoms with Crippen LogP contribution in [0.4, 0.5) is 14.9 Å². The number of hydrogen-bond acceptors (Lipinski definition) is 8. The van der Waals surface area contributed by atoms with E-state index in [0.717, 1.165) is 25.1 Å². The van der Waals surface area contributed by atoms with Gasteiger partial charge in [0.15, 0.2) is 17.4 Å². The smallest absolute Gasteiger partial charge is 0.343 e. The zero-order valence-electron chi connectivity index (χ0n) is 19.4. The molecule has 0 atom stereocenters. The van der Waals surface area contributed by atoms with Gasteiger partial charge in [-0.3, -0.25) is 19.5 Å². The predicted octanol–water partition coefficient (Wildman–Crippen LogP) is -0.0955. The van der Waals surface area contributed by atoms with Gasteiger partial charge in [-0.25, -0.2) is 9.18 Å². The van der Waals surface area contributed by atoms with Crippen molar-refractivity contribution in [2.45, 2.75) is 18.9 Å². The largest absolute Gasteiger partial charge is 0.492 e. The highest BCUT2D eigenvalue weighted by Crippen LogP contribution is 2.43. The Morgan fingerprint density at radius 1 is 1.21 bits per heavy atom. The van der Waals surface area contributed by atoms with Gasteiger partial charge in [-0.05, 0) is 18.9 Å². The first-order valence-corrected chi connectivity index (χ1v) is 11.1. The van der Waals surface area contributed by atoms with Gasteiger partial charge in [-0.15, -0.1) is 0 Å². The molecule has 2 aliphatic rings. The topological polar surface area (TPSA) is 101 Å². The van der Waals surface area contributed by atoms with Crippen LogP contribution in [0, 0.1) is 5.82 Å². The Bertz CT molecular complexity index is 1220. The van der Waals surface area contributed by atoms with Crippen molar-refractivity contribution in [3.05, 3.63) is 33.9 Å². The molecule has 178 valence electrons. The minimum atomic E-state index is -0.781. The molecule has 0 unspecified atom stereocenters. The number of hydrogen-bond donors (Lipinski definition) is 0. The summed E-state index contributed by atoms with van der Waals surface area (Å²) in [5, 5.41) is 1.51. The lowest BCUT2D eigenvalue weighted by atomic mass is 9.96. The van der Waals surface area contributed by atoms with Crippen molar-refractivity contribution in [1.29, 1.82) is 0 Å². The Kier molecular flexibility index (Phi) is 6.65. The molecule has 0 spiro atoms. The molecule has 4 rings (SSSR count). The minimum Gasteiger partial charge on any atom is -0.492 e. The first-order chi connectivity index (χ1) is 16.3. The molecule has 2 aromatic rings. The van der Waals surface area contributed by atoms with Crippen LogP contribution in [0.3, 0.4) is 0 Å². The summed E-state index contributed by atoms with van der Waals surface area (Å²) in [6.45, 7) is 1.18. The van der Waals surface area contributed by atoms with Crippen molar-refractivity contribution in [2.24, 2.45) is 0 Å². The second kappa shape index (κ2) is 9.49. The number of benzene rings is 1. The molecule has 1 aromatic heterocycles. The Hall–Kier alpha value is -3.34. The highest BCUT2D eigenvalue weighted by Gasteiger charge is 2.33. The van der Waals surface area contributed by atoms with Gasteiger partial charge in [0.2, 0.25) is 13.3 Å². The first-order valence-electron chi connectivity index (χ1n) is 11.1. The van der Waals surface area contributed by atoms with Gasteiger partial charge < -0.3 is 23.7 Å². The van der Waals surface area contributed by atoms with E-state index in [-0.39, 0.29) is 48.2 Å². The van der Waals surface area contributed by atoms with E-state index in [2.05, 4.69) is 0 Å². The van der Waals surface area contributed by atoms with E-state index in [1.54, 1.807) is 14.4 Å². The van der Waals surface area contributed by atoms with Gasteiger partial charge in [0, 0.05) is 31.9 Å². The van der Waals surface area contributed by atoms with Crippen LogP contribution in [0.5, 0.6) is 5.75 Å². The number of halogens is 1. The van der Waals surface area contributed by atoms with Crippen LogP contribution in [-0.2, 0) is 9.53 Å². The van der Waals surface area contributed by atoms with Gasteiger partial charge in [-0.2, -0.15) is 0 Å². The zero-order chi connectivity index (χ0) is 24.6. The molecule has 2 fully saturated rings. The summed E-state index contributed by atoms with van der Waals surface area (Å²) in [5.74, 6) is -1.48. The van der Waals surface area contributed by atoms with Crippen molar-refractivity contribution in [1.82, 2.24) is 14.5 Å². The molecule has 1 aliphatic heterocycles. The molecule has 2 heterocycles. The molecular weight excluding hydrogens is 445 g/mol. The van der Waals surface area contributed by atoms with Crippen LogP contribution in [0.15, 0.2) is 17.1 Å². The number of nitrogens with zero attached hydrogens (tertiary/aromatic N) is 4. The molecule has 10 nitrogen and oxygen atoms in total. The number of ether oxygens (including phenoxy) is 2. The number of anilines is 1. The van der Waals surface area contributed by atoms with E-state index in [4.69, 9.17) is 9.47 Å². The average molecular weight is 470 g/mol. The third kappa shape index (κ3) is 4.15. The highest BCUT2D eigenvalue weighted by atomic mass is 19.1. The number of esters is 1. The molecule has 13 heteroatoms. The summed E-state index contributed by atoms with van der Waals surface area (Å²) < 4.78 is 27.8. The Morgan fingerprint density at radius 3 is 2.50 bits per heavy atom. The fraction of sp³-hybridized carbons (Fsp3) is 0.429. The van der Waals surface area contributed by atoms with Crippen molar-refractivity contribution < 1.29 is 28.2 Å². The van der Waals surface area contributed by atoms with Gasteiger partial charge in [0.1, 0.15) is 11.3 Å². The zero-order valence-corrected chi connectivity index (χ0v) is 19.4. The summed E-state index contributed by atoms with van der Waals surface area (Å²) in [6.07, 6.45) is 3.89. The van der Waals surface area contributed by atoms with Crippen molar-refractivity contribution >= 4 is 49.8 Å². The molecule has 34 heavy (non-hydrogen) atoms. The van der Waals surface area contributed by atoms with Crippen LogP contribution in [0.25, 0.3) is 10.9 Å². The lowest BCUT2D eigenvalue weighted by Gasteiger charge is -2.30. The molecule has 0 N–H and O–H groups in total. The van der Waals surface area contributed by atoms with E-state index in [1.165, 1.54) is 33.3 Å². The fourth-order valence-electron chi connectivity index (χ4n) is 4.51. The van der Waals surface area contributed by atoms with E-state index < -0.39 is 17.2 Å². The second-order valence-electron chi connectivity index (χ2n) is 8.35. The standard InChI is InChI=1S/C21H25B2FN4O6/c1-33-19-16-13(18(30)14(20(31)34-2)10-26(16)12-3-4-12)9-15(24)17(19)25-5-7-27(21(22)32)28(8-6-25)23-11-29/h9-12,23H,3-8,22H2,1-2H3. The molecule has 1 amide bonds. The molecule has 0 radical (unpaired) electrons. The highest BCUT2D eigenvalue weighted by molar-refractivity contribution is 6.65. The monoisotopic (exact) mass is 470 g/mol. The summed E-state index contributed by atoms with van der Waals surface area (Å²) in [7, 11) is 4.06. The number of hydrazine groups is 1. The predicted molar refractivity (Wildman–Crippen MR) is 128 cm³/mol. The number of rotatable bonds is 6. The number of methoxy groups -OCH3 is 2. The van der Waals surface area contributed by atoms with Crippen molar-refractivity contribution in [3.8, 4) is 5.75 Å². The van der Waals surface area contributed by atoms with Crippen LogP contribution in [0.1, 0.15) is 29.2 Å². The van der Waals surface area contributed by atoms with E-state index >= 15 is 4.39 Å². The fourth-order valence-corrected chi connectivity index (χ4v) is 4.51. The molecule has 0 bridgehead atoms. The number of carbonyl (C=O) groups is 3. The maximum Gasteiger partial charge on any atom is 0.343 e. The Morgan fingerprint density at radius 2 is 1.91 bits per heavy atom. The Balaban J connectivity index is 1.87. The summed E-state index contributed by atoms with van der Waals surface area (Å²) in [6, 6.07) is 1.19. The first kappa shape index (κ1) is 23.8. The SMILES string of the molecule is BC(=O)N1CCN(c2c(F)cc3c(=O)c(C(=O)OC)cn(C4CC4)c3c2OC)CCN1BC=O. The molecule has 1 saturated heterocycles. The maximum atomic E-state index is 15.6. The lowest BCUT2D eigenvalue weighted by molar-refractivity contribution is 0.0598. The molecule has 1 aromatic carbocycles. The summed E-state index contributed by atoms with van der Waals surface area (Å²) in [4.78, 5) is 51.9. The minimum absolute atomic E-state index is 0.0377. The number of aromatic nitrogens is 1. The number of pyridine rings is 1. The molecular formula is C21H25B2FN4O6. The van der Waals surface area contributed by atoms with Crippen LogP contribution in [-0.4, -0.2) is 88.1 Å². The van der Waals surface area contributed by atoms with E-state index in [0.29, 0.717) is 25.2 Å². The summed E-state index contributed by atoms with van der Waals surface area (Å²) >= 11 is 0. The number of fused-ring (bicyclic) bond motifs is 1. The normalized spacial score (nSPS) is 16.8. The maximum absolute atomic E-state index is 15.6. The number of amides is 1. The second-order valence-corrected chi connectivity index (χ2v) is 8.35. The average Bonchev–Trinajstić information content (AvgIpc) is 3.66. The van der Waals surface area contributed by atoms with Gasteiger partial charge in [-0.1, -0.05) is 0 Å². The lowest BCUT2D eigenvalue weighted by Crippen LogP contribution is -2.49. The van der Waals surface area contributed by atoms with Crippen LogP contribution < -0.4 is 15.1 Å². The third-order valence-corrected chi connectivity index (χ3v) is 6.26. The third-order valence-electron chi connectivity index (χ3n) is 6.26. The quantitative estimate of drug-likeness (QED) is 0.328. The Labute approximate surface area is 196 Å². The van der Waals surface area contributed by atoms with Gasteiger partial charge in [0.25, 0.3) is 0 Å². The van der Waals surface area contributed by atoms with Crippen LogP contribution in [0.2, 0.25) is 0 Å². The van der Waals surface area contributed by atoms with Crippen molar-refractivity contribution in [2.75, 3.05) is 45.3 Å². The van der Waals surface area contributed by atoms with E-state index in [9.17, 15) is 19.2 Å². The summed E-state index contributed by atoms with van der Waals surface area (Å²) in [5.41, 5.74) is -0.201.